The first-order valence-electron chi connectivity index (χ1n) is 11.2. The quantitative estimate of drug-likeness (QED) is 0.161. The van der Waals surface area contributed by atoms with Crippen LogP contribution in [0, 0.1) is 5.41 Å². The maximum absolute atomic E-state index is 12.0. The van der Waals surface area contributed by atoms with E-state index in [1.54, 1.807) is 19.1 Å². The van der Waals surface area contributed by atoms with Crippen molar-refractivity contribution >= 4 is 12.3 Å². The average molecular weight is 463 g/mol. The van der Waals surface area contributed by atoms with Gasteiger partial charge in [0.05, 0.1) is 6.61 Å². The number of aliphatic hydroxyl groups is 4. The van der Waals surface area contributed by atoms with Crippen LogP contribution in [0.5, 0.6) is 0 Å². The molecule has 33 heavy (non-hydrogen) atoms. The van der Waals surface area contributed by atoms with Gasteiger partial charge < -0.3 is 25.2 Å². The van der Waals surface area contributed by atoms with E-state index in [0.29, 0.717) is 5.57 Å². The summed E-state index contributed by atoms with van der Waals surface area (Å²) in [6.07, 6.45) is 7.41. The molecule has 0 fully saturated rings. The molecule has 4 N–H and O–H groups in total. The SMILES string of the molecule is CC(C=CC1=C(C)CCCC1(C)C)=CC=CC(C)=CC(=O)O[C@@H](C=O)[C@@H](O)[C@H](O)[C@H](O)CO. The third kappa shape index (κ3) is 9.21. The van der Waals surface area contributed by atoms with Gasteiger partial charge in [-0.05, 0) is 56.6 Å². The summed E-state index contributed by atoms with van der Waals surface area (Å²) in [5, 5.41) is 37.7. The molecule has 0 radical (unpaired) electrons. The van der Waals surface area contributed by atoms with Crippen LogP contribution in [-0.4, -0.2) is 63.7 Å². The number of allylic oxidation sites excluding steroid dienone is 9. The molecule has 7 heteroatoms. The van der Waals surface area contributed by atoms with Gasteiger partial charge in [0.25, 0.3) is 0 Å². The van der Waals surface area contributed by atoms with Crippen LogP contribution in [0.25, 0.3) is 0 Å². The lowest BCUT2D eigenvalue weighted by Gasteiger charge is -2.32. The molecule has 0 bridgehead atoms. The molecular formula is C26H38O7. The van der Waals surface area contributed by atoms with Gasteiger partial charge in [-0.15, -0.1) is 0 Å². The van der Waals surface area contributed by atoms with E-state index in [4.69, 9.17) is 9.84 Å². The molecule has 184 valence electrons. The second-order valence-electron chi connectivity index (χ2n) is 9.19. The highest BCUT2D eigenvalue weighted by molar-refractivity contribution is 5.84. The lowest BCUT2D eigenvalue weighted by molar-refractivity contribution is -0.163. The molecule has 0 saturated heterocycles. The molecule has 0 amide bonds. The Kier molecular flexibility index (Phi) is 11.7. The molecule has 0 saturated carbocycles. The highest BCUT2D eigenvalue weighted by Crippen LogP contribution is 2.40. The Morgan fingerprint density at radius 2 is 1.79 bits per heavy atom. The molecule has 0 heterocycles. The van der Waals surface area contributed by atoms with E-state index in [9.17, 15) is 24.9 Å². The summed E-state index contributed by atoms with van der Waals surface area (Å²) in [4.78, 5) is 23.1. The third-order valence-corrected chi connectivity index (χ3v) is 5.77. The zero-order valence-electron chi connectivity index (χ0n) is 20.2. The second-order valence-corrected chi connectivity index (χ2v) is 9.19. The number of rotatable bonds is 11. The van der Waals surface area contributed by atoms with E-state index in [1.807, 2.05) is 13.0 Å². The summed E-state index contributed by atoms with van der Waals surface area (Å²) in [6, 6.07) is 0. The summed E-state index contributed by atoms with van der Waals surface area (Å²) < 4.78 is 4.86. The Morgan fingerprint density at radius 3 is 2.36 bits per heavy atom. The van der Waals surface area contributed by atoms with Gasteiger partial charge in [0.1, 0.15) is 18.3 Å². The number of hydrogen-bond donors (Lipinski definition) is 4. The van der Waals surface area contributed by atoms with Crippen molar-refractivity contribution in [3.05, 3.63) is 58.7 Å². The molecule has 0 aromatic heterocycles. The topological polar surface area (TPSA) is 124 Å². The zero-order chi connectivity index (χ0) is 25.2. The lowest BCUT2D eigenvalue weighted by atomic mass is 9.72. The number of ether oxygens (including phenoxy) is 1. The molecule has 4 atom stereocenters. The maximum Gasteiger partial charge on any atom is 0.331 e. The maximum atomic E-state index is 12.0. The van der Waals surface area contributed by atoms with Crippen molar-refractivity contribution in [2.75, 3.05) is 6.61 Å². The van der Waals surface area contributed by atoms with E-state index >= 15 is 0 Å². The fourth-order valence-corrected chi connectivity index (χ4v) is 3.74. The van der Waals surface area contributed by atoms with Gasteiger partial charge in [0, 0.05) is 6.08 Å². The van der Waals surface area contributed by atoms with Crippen molar-refractivity contribution in [1.82, 2.24) is 0 Å². The van der Waals surface area contributed by atoms with E-state index in [-0.39, 0.29) is 11.7 Å². The van der Waals surface area contributed by atoms with Crippen LogP contribution in [0.4, 0.5) is 0 Å². The summed E-state index contributed by atoms with van der Waals surface area (Å²) in [5.41, 5.74) is 4.58. The fourth-order valence-electron chi connectivity index (χ4n) is 3.74. The molecule has 0 spiro atoms. The van der Waals surface area contributed by atoms with Gasteiger partial charge in [0.15, 0.2) is 12.4 Å². The summed E-state index contributed by atoms with van der Waals surface area (Å²) in [7, 11) is 0. The first-order chi connectivity index (χ1) is 15.4. The summed E-state index contributed by atoms with van der Waals surface area (Å²) in [6.45, 7) is 9.57. The standard InChI is InChI=1S/C26H38O7/c1-17(11-12-20-19(3)10-7-13-26(20,4)5)8-6-9-18(2)14-23(30)33-22(16-28)25(32)24(31)21(29)15-27/h6,8-9,11-12,14,16,21-22,24-25,27,29,31-32H,7,10,13,15H2,1-5H3/t21-,22+,24-,25-/m1/s1. The van der Waals surface area contributed by atoms with E-state index < -0.39 is 37.0 Å². The van der Waals surface area contributed by atoms with Crippen LogP contribution in [0.2, 0.25) is 0 Å². The van der Waals surface area contributed by atoms with Crippen molar-refractivity contribution in [3.63, 3.8) is 0 Å². The summed E-state index contributed by atoms with van der Waals surface area (Å²) >= 11 is 0. The van der Waals surface area contributed by atoms with Crippen molar-refractivity contribution in [2.24, 2.45) is 5.41 Å². The van der Waals surface area contributed by atoms with E-state index in [0.717, 1.165) is 18.1 Å². The van der Waals surface area contributed by atoms with Crippen LogP contribution < -0.4 is 0 Å². The average Bonchev–Trinajstić information content (AvgIpc) is 2.74. The van der Waals surface area contributed by atoms with Gasteiger partial charge >= 0.3 is 5.97 Å². The minimum atomic E-state index is -1.87. The highest BCUT2D eigenvalue weighted by atomic mass is 16.6. The van der Waals surface area contributed by atoms with Crippen molar-refractivity contribution in [3.8, 4) is 0 Å². The van der Waals surface area contributed by atoms with Gasteiger partial charge in [-0.1, -0.05) is 55.4 Å². The number of esters is 1. The molecule has 0 aromatic rings. The van der Waals surface area contributed by atoms with Gasteiger partial charge in [-0.3, -0.25) is 4.79 Å². The molecule has 1 rings (SSSR count). The fraction of sp³-hybridized carbons (Fsp3) is 0.538. The normalized spacial score (nSPS) is 21.2. The Labute approximate surface area is 196 Å². The summed E-state index contributed by atoms with van der Waals surface area (Å²) in [5.74, 6) is -0.887. The monoisotopic (exact) mass is 462 g/mol. The Morgan fingerprint density at radius 1 is 1.12 bits per heavy atom. The minimum absolute atomic E-state index is 0.151. The predicted molar refractivity (Wildman–Crippen MR) is 127 cm³/mol. The lowest BCUT2D eigenvalue weighted by Crippen LogP contribution is -2.47. The van der Waals surface area contributed by atoms with Crippen LogP contribution >= 0.6 is 0 Å². The molecule has 7 nitrogen and oxygen atoms in total. The third-order valence-electron chi connectivity index (χ3n) is 5.77. The van der Waals surface area contributed by atoms with Crippen LogP contribution in [-0.2, 0) is 14.3 Å². The largest absolute Gasteiger partial charge is 0.449 e. The van der Waals surface area contributed by atoms with Crippen molar-refractivity contribution in [1.29, 1.82) is 0 Å². The van der Waals surface area contributed by atoms with E-state index in [1.165, 1.54) is 24.0 Å². The Bertz CT molecular complexity index is 830. The molecule has 1 aliphatic carbocycles. The second kappa shape index (κ2) is 13.4. The van der Waals surface area contributed by atoms with Gasteiger partial charge in [-0.2, -0.15) is 0 Å². The molecular weight excluding hydrogens is 424 g/mol. The predicted octanol–water partition coefficient (Wildman–Crippen LogP) is 2.70. The first-order valence-corrected chi connectivity index (χ1v) is 11.2. The van der Waals surface area contributed by atoms with Crippen LogP contribution in [0.15, 0.2) is 58.7 Å². The molecule has 1 aliphatic rings. The van der Waals surface area contributed by atoms with E-state index in [2.05, 4.69) is 32.9 Å². The smallest absolute Gasteiger partial charge is 0.331 e. The first kappa shape index (κ1) is 28.7. The molecule has 0 aliphatic heterocycles. The van der Waals surface area contributed by atoms with Crippen molar-refractivity contribution < 1.29 is 34.8 Å². The molecule has 0 aromatic carbocycles. The number of aliphatic hydroxyl groups excluding tert-OH is 4. The highest BCUT2D eigenvalue weighted by Gasteiger charge is 2.33. The van der Waals surface area contributed by atoms with Gasteiger partial charge in [-0.25, -0.2) is 4.79 Å². The zero-order valence-corrected chi connectivity index (χ0v) is 20.2. The Balaban J connectivity index is 2.75. The number of carbonyl (C=O) groups is 2. The molecule has 0 unspecified atom stereocenters. The minimum Gasteiger partial charge on any atom is -0.449 e. The Hall–Kier alpha value is -2.32. The van der Waals surface area contributed by atoms with Crippen molar-refractivity contribution in [2.45, 2.75) is 78.3 Å². The number of carbonyl (C=O) groups excluding carboxylic acids is 2. The number of aldehydes is 1. The van der Waals surface area contributed by atoms with Gasteiger partial charge in [0.2, 0.25) is 0 Å². The van der Waals surface area contributed by atoms with Crippen LogP contribution in [0.3, 0.4) is 0 Å². The van der Waals surface area contributed by atoms with Crippen LogP contribution in [0.1, 0.15) is 53.9 Å². The number of hydrogen-bond acceptors (Lipinski definition) is 7.